The minimum absolute atomic E-state index is 0.0932. The lowest BCUT2D eigenvalue weighted by Gasteiger charge is -2.34. The average molecular weight is 676 g/mol. The topological polar surface area (TPSA) is 185 Å². The van der Waals surface area contributed by atoms with Gasteiger partial charge in [-0.3, -0.25) is 24.5 Å². The number of primary amides is 1. The number of nitrogens with zero attached hydrogens (tertiary/aromatic N) is 5. The van der Waals surface area contributed by atoms with Crippen molar-refractivity contribution in [2.24, 2.45) is 5.73 Å². The summed E-state index contributed by atoms with van der Waals surface area (Å²) in [5.41, 5.74) is 9.23. The Kier molecular flexibility index (Phi) is 10.6. The number of nitrogens with two attached hydrogens (primary N) is 1. The number of aromatic nitrogens is 3. The van der Waals surface area contributed by atoms with Gasteiger partial charge in [0.05, 0.1) is 11.9 Å². The Balaban J connectivity index is 0.914. The summed E-state index contributed by atoms with van der Waals surface area (Å²) in [4.78, 5) is 61.8. The Morgan fingerprint density at radius 3 is 2.83 bits per heavy atom. The summed E-state index contributed by atoms with van der Waals surface area (Å²) in [5.74, 6) is -0.455. The van der Waals surface area contributed by atoms with E-state index in [9.17, 15) is 19.2 Å². The van der Waals surface area contributed by atoms with Gasteiger partial charge < -0.3 is 30.9 Å². The number of nitrogens with one attached hydrogen (secondary N) is 3. The Labute approximate surface area is 283 Å². The van der Waals surface area contributed by atoms with E-state index in [2.05, 4.69) is 30.2 Å². The third-order valence-corrected chi connectivity index (χ3v) is 9.72. The number of ether oxygens (including phenoxy) is 1. The van der Waals surface area contributed by atoms with Crippen LogP contribution in [0.3, 0.4) is 0 Å². The van der Waals surface area contributed by atoms with Crippen LogP contribution in [0.1, 0.15) is 76.2 Å². The fourth-order valence-electron chi connectivity index (χ4n) is 6.52. The molecule has 2 fully saturated rings. The molecule has 254 valence electrons. The molecule has 15 heteroatoms. The number of hydrogen-bond acceptors (Lipinski definition) is 12. The molecule has 4 amide bonds. The van der Waals surface area contributed by atoms with Crippen LogP contribution in [0.15, 0.2) is 30.5 Å². The largest absolute Gasteiger partial charge is 0.381 e. The summed E-state index contributed by atoms with van der Waals surface area (Å²) in [6, 6.07) is 7.30. The van der Waals surface area contributed by atoms with E-state index in [0.29, 0.717) is 49.4 Å². The zero-order valence-electron chi connectivity index (χ0n) is 27.0. The van der Waals surface area contributed by atoms with Gasteiger partial charge in [-0.05, 0) is 86.8 Å². The summed E-state index contributed by atoms with van der Waals surface area (Å²) in [6.07, 6.45) is 6.74. The Hall–Kier alpha value is -4.47. The van der Waals surface area contributed by atoms with E-state index in [1.165, 1.54) is 11.5 Å². The van der Waals surface area contributed by atoms with Crippen LogP contribution in [0.4, 0.5) is 16.6 Å². The number of piperidine rings is 2. The van der Waals surface area contributed by atoms with Crippen molar-refractivity contribution >= 4 is 51.8 Å². The van der Waals surface area contributed by atoms with E-state index in [4.69, 9.17) is 15.5 Å². The minimum atomic E-state index is -0.642. The number of hydrogen-bond donors (Lipinski definition) is 4. The molecule has 14 nitrogen and oxygen atoms in total. The van der Waals surface area contributed by atoms with Crippen molar-refractivity contribution in [3.8, 4) is 0 Å². The molecule has 5 N–H and O–H groups in total. The number of imide groups is 1. The first kappa shape index (κ1) is 33.4. The smallest absolute Gasteiger partial charge is 0.271 e. The van der Waals surface area contributed by atoms with Crippen LogP contribution in [0.25, 0.3) is 0 Å². The van der Waals surface area contributed by atoms with Crippen LogP contribution in [0.5, 0.6) is 0 Å². The predicted molar refractivity (Wildman–Crippen MR) is 180 cm³/mol. The van der Waals surface area contributed by atoms with Crippen LogP contribution in [-0.4, -0.2) is 87.8 Å². The Bertz CT molecular complexity index is 1680. The van der Waals surface area contributed by atoms with Gasteiger partial charge in [-0.15, -0.1) is 0 Å². The molecule has 2 atom stereocenters. The molecule has 0 radical (unpaired) electrons. The number of amides is 4. The lowest BCUT2D eigenvalue weighted by Crippen LogP contribution is -2.52. The van der Waals surface area contributed by atoms with E-state index in [0.717, 1.165) is 73.6 Å². The molecule has 0 bridgehead atoms. The summed E-state index contributed by atoms with van der Waals surface area (Å²) >= 11 is 1.28. The van der Waals surface area contributed by atoms with E-state index >= 15 is 0 Å². The molecule has 5 heterocycles. The molecule has 3 aliphatic heterocycles. The molecule has 1 unspecified atom stereocenters. The van der Waals surface area contributed by atoms with E-state index < -0.39 is 17.9 Å². The second-order valence-electron chi connectivity index (χ2n) is 12.4. The molecule has 1 aromatic carbocycles. The molecule has 48 heavy (non-hydrogen) atoms. The van der Waals surface area contributed by atoms with E-state index in [1.54, 1.807) is 11.1 Å². The number of aryl methyl sites for hydroxylation is 2. The van der Waals surface area contributed by atoms with Crippen molar-refractivity contribution in [1.82, 2.24) is 29.9 Å². The molecule has 0 saturated carbocycles. The van der Waals surface area contributed by atoms with Gasteiger partial charge in [-0.1, -0.05) is 12.1 Å². The SMILES string of the molecule is Cc1cc(Nc2nc(N3CCC[C@@H](NCCCOCCCc4cccc5c4CN(C4CCC(=O)NC4=O)C5=O)C3)cnc2C(N)=O)sn1. The number of fused-ring (bicyclic) bond motifs is 1. The zero-order valence-corrected chi connectivity index (χ0v) is 27.8. The second kappa shape index (κ2) is 15.2. The standard InChI is InChI=1S/C33H41N9O5S/c1-20-16-28(48-40-20)39-31-29(30(34)44)36-17-26(37-31)41-13-3-8-22(18-41)35-12-5-15-47-14-4-7-21-6-2-9-23-24(21)19-42(33(23)46)25-10-11-27(43)38-32(25)45/h2,6,9,16-17,22,25,35H,3-5,7-8,10-15,18-19H2,1H3,(H2,34,44)(H,37,39)(H,38,43,45)/t22-,25?/m1/s1. The maximum absolute atomic E-state index is 13.1. The molecule has 2 saturated heterocycles. The first-order chi connectivity index (χ1) is 23.3. The number of carbonyl (C=O) groups is 4. The van der Waals surface area contributed by atoms with Gasteiger partial charge in [-0.25, -0.2) is 9.97 Å². The van der Waals surface area contributed by atoms with Gasteiger partial charge in [0, 0.05) is 50.9 Å². The highest BCUT2D eigenvalue weighted by molar-refractivity contribution is 7.10. The van der Waals surface area contributed by atoms with Gasteiger partial charge in [-0.2, -0.15) is 4.37 Å². The average Bonchev–Trinajstić information content (AvgIpc) is 3.64. The highest BCUT2D eigenvalue weighted by Gasteiger charge is 2.39. The van der Waals surface area contributed by atoms with Crippen LogP contribution in [0.2, 0.25) is 0 Å². The van der Waals surface area contributed by atoms with Gasteiger partial charge in [0.1, 0.15) is 16.9 Å². The summed E-state index contributed by atoms with van der Waals surface area (Å²) in [7, 11) is 0. The fraction of sp³-hybridized carbons (Fsp3) is 0.485. The maximum atomic E-state index is 13.1. The van der Waals surface area contributed by atoms with Gasteiger partial charge in [0.25, 0.3) is 11.8 Å². The first-order valence-electron chi connectivity index (χ1n) is 16.5. The van der Waals surface area contributed by atoms with Crippen molar-refractivity contribution < 1.29 is 23.9 Å². The number of benzene rings is 1. The zero-order chi connectivity index (χ0) is 33.6. The number of rotatable bonds is 14. The van der Waals surface area contributed by atoms with Crippen molar-refractivity contribution in [3.63, 3.8) is 0 Å². The second-order valence-corrected chi connectivity index (χ2v) is 13.2. The molecule has 2 aromatic heterocycles. The normalized spacial score (nSPS) is 19.4. The summed E-state index contributed by atoms with van der Waals surface area (Å²) < 4.78 is 10.2. The van der Waals surface area contributed by atoms with Crippen LogP contribution in [0, 0.1) is 6.92 Å². The molecule has 6 rings (SSSR count). The van der Waals surface area contributed by atoms with E-state index in [1.807, 2.05) is 31.2 Å². The third kappa shape index (κ3) is 7.80. The number of anilines is 3. The van der Waals surface area contributed by atoms with E-state index in [-0.39, 0.29) is 23.9 Å². The molecular formula is C33H41N9O5S. The summed E-state index contributed by atoms with van der Waals surface area (Å²) in [6.45, 7) is 5.99. The lowest BCUT2D eigenvalue weighted by atomic mass is 10.00. The Morgan fingerprint density at radius 2 is 2.04 bits per heavy atom. The first-order valence-corrected chi connectivity index (χ1v) is 17.2. The predicted octanol–water partition coefficient (Wildman–Crippen LogP) is 2.44. The molecule has 0 spiro atoms. The van der Waals surface area contributed by atoms with Gasteiger partial charge in [0.2, 0.25) is 11.8 Å². The summed E-state index contributed by atoms with van der Waals surface area (Å²) in [5, 5.41) is 9.92. The van der Waals surface area contributed by atoms with Crippen molar-refractivity contribution in [1.29, 1.82) is 0 Å². The van der Waals surface area contributed by atoms with Crippen molar-refractivity contribution in [2.45, 2.75) is 70.5 Å². The molecule has 0 aliphatic carbocycles. The fourth-order valence-corrected chi connectivity index (χ4v) is 7.18. The van der Waals surface area contributed by atoms with Crippen LogP contribution >= 0.6 is 11.5 Å². The van der Waals surface area contributed by atoms with Crippen molar-refractivity contribution in [3.05, 3.63) is 58.5 Å². The van der Waals surface area contributed by atoms with Gasteiger partial charge in [0.15, 0.2) is 11.5 Å². The molecule has 3 aromatic rings. The number of carbonyl (C=O) groups excluding carboxylic acids is 4. The molecule has 3 aliphatic rings. The monoisotopic (exact) mass is 675 g/mol. The minimum Gasteiger partial charge on any atom is -0.381 e. The molecular weight excluding hydrogens is 634 g/mol. The Morgan fingerprint density at radius 1 is 1.19 bits per heavy atom. The highest BCUT2D eigenvalue weighted by Crippen LogP contribution is 2.30. The quantitative estimate of drug-likeness (QED) is 0.145. The van der Waals surface area contributed by atoms with Crippen molar-refractivity contribution in [2.75, 3.05) is 43.1 Å². The third-order valence-electron chi connectivity index (χ3n) is 8.92. The van der Waals surface area contributed by atoms with Gasteiger partial charge >= 0.3 is 0 Å². The highest BCUT2D eigenvalue weighted by atomic mass is 32.1. The maximum Gasteiger partial charge on any atom is 0.271 e. The lowest BCUT2D eigenvalue weighted by molar-refractivity contribution is -0.136. The van der Waals surface area contributed by atoms with Crippen LogP contribution < -0.4 is 26.6 Å². The van der Waals surface area contributed by atoms with Crippen LogP contribution in [-0.2, 0) is 27.3 Å².